The molecule has 0 atom stereocenters. The number of likely N-dealkylation sites (N-methyl/N-ethyl adjacent to an activating group) is 2. The van der Waals surface area contributed by atoms with Crippen LogP contribution >= 0.6 is 0 Å². The number of carbonyl (C=O) groups is 2. The van der Waals surface area contributed by atoms with Gasteiger partial charge in [-0.2, -0.15) is 0 Å². The van der Waals surface area contributed by atoms with Crippen LogP contribution < -0.4 is 31.1 Å². The van der Waals surface area contributed by atoms with E-state index in [0.717, 1.165) is 50.1 Å². The lowest BCUT2D eigenvalue weighted by Gasteiger charge is -2.19. The van der Waals surface area contributed by atoms with Gasteiger partial charge in [-0.05, 0) is 37.1 Å². The summed E-state index contributed by atoms with van der Waals surface area (Å²) in [7, 11) is 4.02. The number of anilines is 2. The molecule has 0 aromatic heterocycles. The molecule has 34 heavy (non-hydrogen) atoms. The molecule has 2 rings (SSSR count). The zero-order valence-corrected chi connectivity index (χ0v) is 20.6. The first-order valence-corrected chi connectivity index (χ1v) is 12.1. The molecule has 0 aliphatic carbocycles. The van der Waals surface area contributed by atoms with E-state index in [1.165, 1.54) is 0 Å². The van der Waals surface area contributed by atoms with Crippen molar-refractivity contribution >= 4 is 23.4 Å². The fraction of sp³-hybridized carbons (Fsp3) is 0.462. The number of hydrogen-bond donors (Lipinski definition) is 4. The number of unbranched alkanes of at least 4 members (excludes halogenated alkanes) is 3. The maximum absolute atomic E-state index is 11.9. The molecule has 0 radical (unpaired) electrons. The Morgan fingerprint density at radius 2 is 0.912 bits per heavy atom. The smallest absolute Gasteiger partial charge is 0.314 e. The number of carbonyl (C=O) groups excluding carboxylic acids is 2. The molecule has 2 aromatic rings. The Labute approximate surface area is 204 Å². The Bertz CT molecular complexity index is 749. The number of para-hydroxylation sites is 2. The molecule has 0 spiro atoms. The number of nitrogens with zero attached hydrogens (tertiary/aromatic N) is 2. The lowest BCUT2D eigenvalue weighted by Crippen LogP contribution is -2.40. The standard InChI is InChI=1S/C26H40N6O2/c1-31(23-13-7-5-8-14-23)21-19-29-25(33)27-17-11-3-4-12-18-28-26(34)30-20-22-32(2)24-15-9-6-10-16-24/h5-10,13-16H,3-4,11-12,17-22H2,1-2H3,(H2,27,29,33)(H2,28,30,34). The lowest BCUT2D eigenvalue weighted by atomic mass is 10.2. The van der Waals surface area contributed by atoms with E-state index in [9.17, 15) is 9.59 Å². The van der Waals surface area contributed by atoms with Gasteiger partial charge in [-0.15, -0.1) is 0 Å². The van der Waals surface area contributed by atoms with Crippen molar-refractivity contribution in [3.05, 3.63) is 60.7 Å². The van der Waals surface area contributed by atoms with Crippen LogP contribution in [0.2, 0.25) is 0 Å². The summed E-state index contributed by atoms with van der Waals surface area (Å²) in [6, 6.07) is 19.9. The fourth-order valence-corrected chi connectivity index (χ4v) is 3.43. The Morgan fingerprint density at radius 1 is 0.559 bits per heavy atom. The normalized spacial score (nSPS) is 10.3. The van der Waals surface area contributed by atoms with E-state index in [1.807, 2.05) is 74.8 Å². The zero-order valence-electron chi connectivity index (χ0n) is 20.6. The second kappa shape index (κ2) is 16.2. The topological polar surface area (TPSA) is 88.7 Å². The van der Waals surface area contributed by atoms with Crippen LogP contribution in [0.15, 0.2) is 60.7 Å². The molecule has 0 aliphatic rings. The predicted octanol–water partition coefficient (Wildman–Crippen LogP) is 3.42. The van der Waals surface area contributed by atoms with E-state index < -0.39 is 0 Å². The summed E-state index contributed by atoms with van der Waals surface area (Å²) < 4.78 is 0. The number of hydrogen-bond acceptors (Lipinski definition) is 4. The van der Waals surface area contributed by atoms with Gasteiger partial charge in [0.05, 0.1) is 0 Å². The molecule has 4 N–H and O–H groups in total. The van der Waals surface area contributed by atoms with E-state index in [4.69, 9.17) is 0 Å². The molecule has 4 amide bonds. The molecule has 0 saturated carbocycles. The molecular weight excluding hydrogens is 428 g/mol. The minimum absolute atomic E-state index is 0.127. The predicted molar refractivity (Wildman–Crippen MR) is 141 cm³/mol. The van der Waals surface area contributed by atoms with Gasteiger partial charge < -0.3 is 31.1 Å². The Kier molecular flexibility index (Phi) is 12.8. The largest absolute Gasteiger partial charge is 0.373 e. The quantitative estimate of drug-likeness (QED) is 0.302. The minimum Gasteiger partial charge on any atom is -0.373 e. The van der Waals surface area contributed by atoms with Crippen LogP contribution in [0.1, 0.15) is 25.7 Å². The van der Waals surface area contributed by atoms with Gasteiger partial charge in [0.25, 0.3) is 0 Å². The number of rotatable bonds is 15. The van der Waals surface area contributed by atoms with Crippen LogP contribution in [-0.4, -0.2) is 65.4 Å². The highest BCUT2D eigenvalue weighted by Gasteiger charge is 2.04. The highest BCUT2D eigenvalue weighted by atomic mass is 16.2. The number of amides is 4. The molecule has 0 bridgehead atoms. The van der Waals surface area contributed by atoms with E-state index in [-0.39, 0.29) is 12.1 Å². The van der Waals surface area contributed by atoms with Crippen molar-refractivity contribution in [2.45, 2.75) is 25.7 Å². The molecule has 2 aromatic carbocycles. The van der Waals surface area contributed by atoms with Gasteiger partial charge in [0.1, 0.15) is 0 Å². The van der Waals surface area contributed by atoms with Crippen molar-refractivity contribution in [3.8, 4) is 0 Å². The monoisotopic (exact) mass is 468 g/mol. The lowest BCUT2D eigenvalue weighted by molar-refractivity contribution is 0.239. The number of benzene rings is 2. The van der Waals surface area contributed by atoms with Crippen LogP contribution in [0.4, 0.5) is 21.0 Å². The van der Waals surface area contributed by atoms with Crippen LogP contribution in [0, 0.1) is 0 Å². The van der Waals surface area contributed by atoms with E-state index in [2.05, 4.69) is 31.1 Å². The van der Waals surface area contributed by atoms with Crippen molar-refractivity contribution < 1.29 is 9.59 Å². The molecule has 0 heterocycles. The van der Waals surface area contributed by atoms with Gasteiger partial charge in [-0.25, -0.2) is 9.59 Å². The number of nitrogens with one attached hydrogen (secondary N) is 4. The second-order valence-electron chi connectivity index (χ2n) is 8.29. The van der Waals surface area contributed by atoms with Gasteiger partial charge in [0.15, 0.2) is 0 Å². The third-order valence-corrected chi connectivity index (χ3v) is 5.53. The summed E-state index contributed by atoms with van der Waals surface area (Å²) >= 11 is 0. The summed E-state index contributed by atoms with van der Waals surface area (Å²) in [4.78, 5) is 28.0. The minimum atomic E-state index is -0.127. The summed E-state index contributed by atoms with van der Waals surface area (Å²) in [5, 5.41) is 11.6. The maximum Gasteiger partial charge on any atom is 0.314 e. The maximum atomic E-state index is 11.9. The Morgan fingerprint density at radius 3 is 1.29 bits per heavy atom. The molecule has 8 heteroatoms. The van der Waals surface area contributed by atoms with Gasteiger partial charge in [0, 0.05) is 64.7 Å². The average molecular weight is 469 g/mol. The van der Waals surface area contributed by atoms with E-state index >= 15 is 0 Å². The van der Waals surface area contributed by atoms with Crippen LogP contribution in [0.3, 0.4) is 0 Å². The van der Waals surface area contributed by atoms with Crippen molar-refractivity contribution in [2.24, 2.45) is 0 Å². The van der Waals surface area contributed by atoms with Gasteiger partial charge in [0.2, 0.25) is 0 Å². The average Bonchev–Trinajstić information content (AvgIpc) is 2.86. The molecule has 0 unspecified atom stereocenters. The first kappa shape index (κ1) is 26.8. The van der Waals surface area contributed by atoms with E-state index in [1.54, 1.807) is 0 Å². The van der Waals surface area contributed by atoms with Crippen molar-refractivity contribution in [3.63, 3.8) is 0 Å². The summed E-state index contributed by atoms with van der Waals surface area (Å²) in [5.41, 5.74) is 2.26. The van der Waals surface area contributed by atoms with Gasteiger partial charge in [-0.1, -0.05) is 49.2 Å². The second-order valence-corrected chi connectivity index (χ2v) is 8.29. The highest BCUT2D eigenvalue weighted by molar-refractivity contribution is 5.74. The van der Waals surface area contributed by atoms with Crippen LogP contribution in [0.5, 0.6) is 0 Å². The summed E-state index contributed by atoms with van der Waals surface area (Å²) in [6.07, 6.45) is 3.88. The van der Waals surface area contributed by atoms with Crippen molar-refractivity contribution in [1.82, 2.24) is 21.3 Å². The number of urea groups is 2. The molecule has 186 valence electrons. The van der Waals surface area contributed by atoms with Gasteiger partial charge >= 0.3 is 12.1 Å². The first-order chi connectivity index (χ1) is 16.6. The molecule has 0 saturated heterocycles. The Hall–Kier alpha value is -3.42. The van der Waals surface area contributed by atoms with E-state index in [0.29, 0.717) is 26.2 Å². The van der Waals surface area contributed by atoms with Crippen molar-refractivity contribution in [2.75, 3.05) is 63.2 Å². The SMILES string of the molecule is CN(CCNC(=O)NCCCCCCNC(=O)NCCN(C)c1ccccc1)c1ccccc1. The third-order valence-electron chi connectivity index (χ3n) is 5.53. The fourth-order valence-electron chi connectivity index (χ4n) is 3.43. The first-order valence-electron chi connectivity index (χ1n) is 12.1. The Balaban J connectivity index is 1.38. The third kappa shape index (κ3) is 11.4. The zero-order chi connectivity index (χ0) is 24.4. The molecule has 0 fully saturated rings. The summed E-state index contributed by atoms with van der Waals surface area (Å²) in [6.45, 7) is 4.00. The summed E-state index contributed by atoms with van der Waals surface area (Å²) in [5.74, 6) is 0. The molecule has 0 aliphatic heterocycles. The van der Waals surface area contributed by atoms with Crippen LogP contribution in [-0.2, 0) is 0 Å². The molecular formula is C26H40N6O2. The van der Waals surface area contributed by atoms with Crippen LogP contribution in [0.25, 0.3) is 0 Å². The highest BCUT2D eigenvalue weighted by Crippen LogP contribution is 2.10. The van der Waals surface area contributed by atoms with Crippen molar-refractivity contribution in [1.29, 1.82) is 0 Å². The van der Waals surface area contributed by atoms with Gasteiger partial charge in [-0.3, -0.25) is 0 Å². The molecule has 8 nitrogen and oxygen atoms in total.